The minimum Gasteiger partial charge on any atom is -0.394 e. The van der Waals surface area contributed by atoms with Crippen molar-refractivity contribution in [3.63, 3.8) is 0 Å². The van der Waals surface area contributed by atoms with Gasteiger partial charge in [0.1, 0.15) is 0 Å². The maximum Gasteiger partial charge on any atom is 0.0618 e. The fourth-order valence-corrected chi connectivity index (χ4v) is 1.99. The van der Waals surface area contributed by atoms with E-state index >= 15 is 0 Å². The van der Waals surface area contributed by atoms with E-state index in [4.69, 9.17) is 5.11 Å². The third-order valence-corrected chi connectivity index (χ3v) is 3.57. The van der Waals surface area contributed by atoms with Crippen LogP contribution in [-0.2, 0) is 0 Å². The zero-order chi connectivity index (χ0) is 9.61. The Bertz CT molecular complexity index is 113. The standard InChI is InChI=1S/C9H21NOS/c1-8(2)5-12-7-9(3,6-11)10-4/h8,10-11H,5-7H2,1-4H3. The number of aliphatic hydroxyl groups is 1. The summed E-state index contributed by atoms with van der Waals surface area (Å²) < 4.78 is 0. The van der Waals surface area contributed by atoms with Crippen molar-refractivity contribution >= 4 is 11.8 Å². The fraction of sp³-hybridized carbons (Fsp3) is 1.00. The molecule has 0 aliphatic heterocycles. The second kappa shape index (κ2) is 5.84. The van der Waals surface area contributed by atoms with Gasteiger partial charge in [0, 0.05) is 11.3 Å². The van der Waals surface area contributed by atoms with Crippen molar-refractivity contribution in [2.45, 2.75) is 26.3 Å². The highest BCUT2D eigenvalue weighted by Gasteiger charge is 2.20. The molecule has 0 saturated carbocycles. The third-order valence-electron chi connectivity index (χ3n) is 1.82. The van der Waals surface area contributed by atoms with Crippen molar-refractivity contribution in [3.05, 3.63) is 0 Å². The van der Waals surface area contributed by atoms with Crippen LogP contribution in [0.1, 0.15) is 20.8 Å². The Balaban J connectivity index is 3.58. The third kappa shape index (κ3) is 5.01. The van der Waals surface area contributed by atoms with Crippen molar-refractivity contribution in [1.82, 2.24) is 5.32 Å². The van der Waals surface area contributed by atoms with Crippen LogP contribution in [0.3, 0.4) is 0 Å². The summed E-state index contributed by atoms with van der Waals surface area (Å²) in [6.45, 7) is 6.67. The SMILES string of the molecule is CNC(C)(CO)CSCC(C)C. The number of likely N-dealkylation sites (N-methyl/N-ethyl adjacent to an activating group) is 1. The van der Waals surface area contributed by atoms with Crippen molar-refractivity contribution in [1.29, 1.82) is 0 Å². The molecule has 0 aromatic rings. The van der Waals surface area contributed by atoms with Crippen LogP contribution in [0, 0.1) is 5.92 Å². The summed E-state index contributed by atoms with van der Waals surface area (Å²) in [6.07, 6.45) is 0. The minimum atomic E-state index is -0.112. The van der Waals surface area contributed by atoms with Gasteiger partial charge < -0.3 is 10.4 Å². The van der Waals surface area contributed by atoms with Crippen molar-refractivity contribution in [2.75, 3.05) is 25.2 Å². The summed E-state index contributed by atoms with van der Waals surface area (Å²) in [5.41, 5.74) is -0.112. The Morgan fingerprint density at radius 2 is 2.08 bits per heavy atom. The van der Waals surface area contributed by atoms with Crippen LogP contribution in [0.25, 0.3) is 0 Å². The summed E-state index contributed by atoms with van der Waals surface area (Å²) >= 11 is 1.89. The topological polar surface area (TPSA) is 32.3 Å². The molecule has 0 bridgehead atoms. The fourth-order valence-electron chi connectivity index (χ4n) is 0.717. The second-order valence-corrected chi connectivity index (χ2v) is 4.91. The van der Waals surface area contributed by atoms with Crippen LogP contribution >= 0.6 is 11.8 Å². The molecule has 0 aromatic heterocycles. The lowest BCUT2D eigenvalue weighted by atomic mass is 10.1. The smallest absolute Gasteiger partial charge is 0.0618 e. The summed E-state index contributed by atoms with van der Waals surface area (Å²) in [4.78, 5) is 0. The number of thioether (sulfide) groups is 1. The lowest BCUT2D eigenvalue weighted by Crippen LogP contribution is -2.45. The molecule has 0 rings (SSSR count). The van der Waals surface area contributed by atoms with Crippen molar-refractivity contribution < 1.29 is 5.11 Å². The molecule has 1 atom stereocenters. The quantitative estimate of drug-likeness (QED) is 0.664. The van der Waals surface area contributed by atoms with Crippen LogP contribution in [0.4, 0.5) is 0 Å². The zero-order valence-corrected chi connectivity index (χ0v) is 9.37. The van der Waals surface area contributed by atoms with E-state index in [-0.39, 0.29) is 12.1 Å². The molecule has 0 aliphatic carbocycles. The molecular weight excluding hydrogens is 170 g/mol. The Hall–Kier alpha value is 0.270. The van der Waals surface area contributed by atoms with E-state index in [0.29, 0.717) is 0 Å². The van der Waals surface area contributed by atoms with Crippen molar-refractivity contribution in [2.24, 2.45) is 5.92 Å². The van der Waals surface area contributed by atoms with Crippen molar-refractivity contribution in [3.8, 4) is 0 Å². The number of aliphatic hydroxyl groups excluding tert-OH is 1. The molecule has 0 aliphatic rings. The van der Waals surface area contributed by atoms with Crippen LogP contribution in [0.5, 0.6) is 0 Å². The molecule has 0 saturated heterocycles. The Kier molecular flexibility index (Phi) is 5.97. The van der Waals surface area contributed by atoms with Crippen LogP contribution in [0.2, 0.25) is 0 Å². The highest BCUT2D eigenvalue weighted by Crippen LogP contribution is 2.14. The number of hydrogen-bond donors (Lipinski definition) is 2. The van der Waals surface area contributed by atoms with Gasteiger partial charge >= 0.3 is 0 Å². The average molecular weight is 191 g/mol. The number of nitrogens with one attached hydrogen (secondary N) is 1. The van der Waals surface area contributed by atoms with Gasteiger partial charge in [-0.2, -0.15) is 11.8 Å². The number of hydrogen-bond acceptors (Lipinski definition) is 3. The van der Waals surface area contributed by atoms with Gasteiger partial charge in [-0.3, -0.25) is 0 Å². The van der Waals surface area contributed by atoms with E-state index < -0.39 is 0 Å². The summed E-state index contributed by atoms with van der Waals surface area (Å²) in [5, 5.41) is 12.2. The minimum absolute atomic E-state index is 0.112. The maximum atomic E-state index is 9.07. The monoisotopic (exact) mass is 191 g/mol. The van der Waals surface area contributed by atoms with Gasteiger partial charge in [-0.1, -0.05) is 13.8 Å². The predicted molar refractivity (Wildman–Crippen MR) is 56.7 cm³/mol. The molecule has 0 heterocycles. The van der Waals surface area contributed by atoms with Gasteiger partial charge in [0.05, 0.1) is 6.61 Å². The van der Waals surface area contributed by atoms with E-state index in [1.165, 1.54) is 0 Å². The first-order chi connectivity index (χ1) is 5.54. The van der Waals surface area contributed by atoms with Crippen LogP contribution in [-0.4, -0.2) is 35.8 Å². The van der Waals surface area contributed by atoms with Gasteiger partial charge in [0.15, 0.2) is 0 Å². The average Bonchev–Trinajstić information content (AvgIpc) is 2.03. The predicted octanol–water partition coefficient (Wildman–Crippen LogP) is 1.35. The van der Waals surface area contributed by atoms with Gasteiger partial charge in [-0.25, -0.2) is 0 Å². The van der Waals surface area contributed by atoms with E-state index in [2.05, 4.69) is 19.2 Å². The van der Waals surface area contributed by atoms with E-state index in [0.717, 1.165) is 17.4 Å². The van der Waals surface area contributed by atoms with E-state index in [9.17, 15) is 0 Å². The molecule has 1 unspecified atom stereocenters. The molecule has 2 N–H and O–H groups in total. The summed E-state index contributed by atoms with van der Waals surface area (Å²) in [6, 6.07) is 0. The molecule has 0 radical (unpaired) electrons. The highest BCUT2D eigenvalue weighted by atomic mass is 32.2. The summed E-state index contributed by atoms with van der Waals surface area (Å²) in [5.74, 6) is 2.87. The number of rotatable bonds is 6. The van der Waals surface area contributed by atoms with Gasteiger partial charge in [0.25, 0.3) is 0 Å². The largest absolute Gasteiger partial charge is 0.394 e. The molecule has 0 spiro atoms. The molecule has 3 heteroatoms. The molecule has 12 heavy (non-hydrogen) atoms. The molecule has 74 valence electrons. The normalized spacial score (nSPS) is 16.5. The Labute approximate surface area is 80.1 Å². The molecule has 0 fully saturated rings. The highest BCUT2D eigenvalue weighted by molar-refractivity contribution is 7.99. The lowest BCUT2D eigenvalue weighted by Gasteiger charge is -2.26. The van der Waals surface area contributed by atoms with E-state index in [1.807, 2.05) is 25.7 Å². The Morgan fingerprint density at radius 1 is 1.50 bits per heavy atom. The first-order valence-corrected chi connectivity index (χ1v) is 5.57. The molecule has 2 nitrogen and oxygen atoms in total. The molecular formula is C9H21NOS. The maximum absolute atomic E-state index is 9.07. The molecule has 0 aromatic carbocycles. The zero-order valence-electron chi connectivity index (χ0n) is 8.55. The Morgan fingerprint density at radius 3 is 2.42 bits per heavy atom. The first-order valence-electron chi connectivity index (χ1n) is 4.41. The summed E-state index contributed by atoms with van der Waals surface area (Å²) in [7, 11) is 1.89. The first kappa shape index (κ1) is 12.3. The van der Waals surface area contributed by atoms with E-state index in [1.54, 1.807) is 0 Å². The van der Waals surface area contributed by atoms with Crippen LogP contribution in [0.15, 0.2) is 0 Å². The van der Waals surface area contributed by atoms with Gasteiger partial charge in [0.2, 0.25) is 0 Å². The van der Waals surface area contributed by atoms with Crippen LogP contribution < -0.4 is 5.32 Å². The van der Waals surface area contributed by atoms with Gasteiger partial charge in [-0.05, 0) is 25.6 Å². The second-order valence-electron chi connectivity index (χ2n) is 3.88. The molecule has 0 amide bonds. The lowest BCUT2D eigenvalue weighted by molar-refractivity contribution is 0.200. The van der Waals surface area contributed by atoms with Gasteiger partial charge in [-0.15, -0.1) is 0 Å².